The lowest BCUT2D eigenvalue weighted by molar-refractivity contribution is -0.116. The lowest BCUT2D eigenvalue weighted by atomic mass is 10.2. The molecule has 1 heterocycles. The maximum absolute atomic E-state index is 11.0. The monoisotopic (exact) mass is 201 g/mol. The molecule has 1 rings (SSSR count). The molecule has 1 amide bonds. The van der Waals surface area contributed by atoms with Crippen molar-refractivity contribution in [2.45, 2.75) is 19.4 Å². The summed E-state index contributed by atoms with van der Waals surface area (Å²) in [6.45, 7) is 1.56. The van der Waals surface area contributed by atoms with Gasteiger partial charge in [0.25, 0.3) is 5.91 Å². The Morgan fingerprint density at radius 2 is 2.23 bits per heavy atom. The average molecular weight is 201 g/mol. The molecule has 0 aliphatic carbocycles. The van der Waals surface area contributed by atoms with Crippen LogP contribution in [0.1, 0.15) is 13.3 Å². The number of hydrogen-bond acceptors (Lipinski definition) is 3. The van der Waals surface area contributed by atoms with Crippen LogP contribution in [0.25, 0.3) is 0 Å². The van der Waals surface area contributed by atoms with Crippen LogP contribution in [-0.2, 0) is 14.6 Å². The lowest BCUT2D eigenvalue weighted by Crippen LogP contribution is -2.34. The minimum absolute atomic E-state index is 0.0458. The Kier molecular flexibility index (Phi) is 2.94. The Morgan fingerprint density at radius 1 is 1.54 bits per heavy atom. The average Bonchev–Trinajstić information content (AvgIpc) is 2.30. The van der Waals surface area contributed by atoms with E-state index < -0.39 is 15.7 Å². The Labute approximate surface area is 77.6 Å². The molecule has 0 aromatic rings. The van der Waals surface area contributed by atoms with Gasteiger partial charge < -0.3 is 5.32 Å². The maximum atomic E-state index is 11.0. The Morgan fingerprint density at radius 3 is 2.69 bits per heavy atom. The summed E-state index contributed by atoms with van der Waals surface area (Å²) in [5.74, 6) is 4.57. The predicted octanol–water partition coefficient (Wildman–Crippen LogP) is -0.687. The summed E-state index contributed by atoms with van der Waals surface area (Å²) >= 11 is 0. The van der Waals surface area contributed by atoms with Crippen LogP contribution < -0.4 is 5.32 Å². The first-order chi connectivity index (χ1) is 6.03. The third kappa shape index (κ3) is 3.07. The molecule has 13 heavy (non-hydrogen) atoms. The largest absolute Gasteiger partial charge is 0.341 e. The molecular formula is C8H11NO3S. The molecule has 0 bridgehead atoms. The predicted molar refractivity (Wildman–Crippen MR) is 48.7 cm³/mol. The minimum atomic E-state index is -2.92. The van der Waals surface area contributed by atoms with Crippen molar-refractivity contribution in [2.24, 2.45) is 0 Å². The van der Waals surface area contributed by atoms with Crippen LogP contribution in [0.2, 0.25) is 0 Å². The first kappa shape index (κ1) is 10.1. The normalized spacial score (nSPS) is 24.5. The van der Waals surface area contributed by atoms with E-state index in [1.165, 1.54) is 0 Å². The number of nitrogens with one attached hydrogen (secondary N) is 1. The molecule has 1 atom stereocenters. The van der Waals surface area contributed by atoms with E-state index in [-0.39, 0.29) is 17.5 Å². The fraction of sp³-hybridized carbons (Fsp3) is 0.625. The van der Waals surface area contributed by atoms with Crippen molar-refractivity contribution in [2.75, 3.05) is 11.5 Å². The van der Waals surface area contributed by atoms with Crippen LogP contribution in [-0.4, -0.2) is 31.9 Å². The summed E-state index contributed by atoms with van der Waals surface area (Å²) in [5.41, 5.74) is 0. The zero-order valence-electron chi connectivity index (χ0n) is 7.33. The molecule has 1 fully saturated rings. The molecular weight excluding hydrogens is 190 g/mol. The number of sulfone groups is 1. The van der Waals surface area contributed by atoms with Gasteiger partial charge in [-0.2, -0.15) is 0 Å². The van der Waals surface area contributed by atoms with Gasteiger partial charge in [-0.15, -0.1) is 0 Å². The fourth-order valence-electron chi connectivity index (χ4n) is 1.24. The number of hydrogen-bond donors (Lipinski definition) is 1. The first-order valence-electron chi connectivity index (χ1n) is 3.97. The molecule has 0 saturated carbocycles. The van der Waals surface area contributed by atoms with Crippen molar-refractivity contribution in [1.29, 1.82) is 0 Å². The molecule has 0 radical (unpaired) electrons. The van der Waals surface area contributed by atoms with E-state index in [4.69, 9.17) is 0 Å². The van der Waals surface area contributed by atoms with Crippen molar-refractivity contribution < 1.29 is 13.2 Å². The SMILES string of the molecule is CC#CC(=O)NC1CCS(=O)(=O)C1. The number of amides is 1. The fourth-order valence-corrected chi connectivity index (χ4v) is 2.92. The van der Waals surface area contributed by atoms with Crippen molar-refractivity contribution >= 4 is 15.7 Å². The van der Waals surface area contributed by atoms with E-state index >= 15 is 0 Å². The Balaban J connectivity index is 2.48. The van der Waals surface area contributed by atoms with Gasteiger partial charge in [-0.25, -0.2) is 8.42 Å². The second kappa shape index (κ2) is 3.79. The van der Waals surface area contributed by atoms with E-state index in [2.05, 4.69) is 17.2 Å². The van der Waals surface area contributed by atoms with Gasteiger partial charge in [-0.1, -0.05) is 5.92 Å². The highest BCUT2D eigenvalue weighted by molar-refractivity contribution is 7.91. The van der Waals surface area contributed by atoms with Crippen LogP contribution in [0, 0.1) is 11.8 Å². The summed E-state index contributed by atoms with van der Waals surface area (Å²) < 4.78 is 22.0. The third-order valence-electron chi connectivity index (χ3n) is 1.81. The molecule has 1 N–H and O–H groups in total. The van der Waals surface area contributed by atoms with Crippen LogP contribution in [0.15, 0.2) is 0 Å². The highest BCUT2D eigenvalue weighted by Gasteiger charge is 2.28. The Hall–Kier alpha value is -1.02. The molecule has 1 unspecified atom stereocenters. The highest BCUT2D eigenvalue weighted by Crippen LogP contribution is 2.10. The molecule has 0 aromatic carbocycles. The molecule has 0 aromatic heterocycles. The van der Waals surface area contributed by atoms with Gasteiger partial charge in [-0.05, 0) is 19.3 Å². The zero-order chi connectivity index (χ0) is 9.90. The summed E-state index contributed by atoms with van der Waals surface area (Å²) in [6, 6.07) is -0.252. The molecule has 5 heteroatoms. The van der Waals surface area contributed by atoms with E-state index in [0.717, 1.165) is 0 Å². The first-order valence-corrected chi connectivity index (χ1v) is 5.79. The van der Waals surface area contributed by atoms with Gasteiger partial charge in [0.15, 0.2) is 9.84 Å². The third-order valence-corrected chi connectivity index (χ3v) is 3.57. The summed E-state index contributed by atoms with van der Waals surface area (Å²) in [7, 11) is -2.92. The Bertz CT molecular complexity index is 361. The molecule has 72 valence electrons. The van der Waals surface area contributed by atoms with Crippen molar-refractivity contribution in [3.05, 3.63) is 0 Å². The summed E-state index contributed by atoms with van der Waals surface area (Å²) in [5, 5.41) is 2.54. The van der Waals surface area contributed by atoms with Crippen LogP contribution in [0.5, 0.6) is 0 Å². The van der Waals surface area contributed by atoms with E-state index in [9.17, 15) is 13.2 Å². The van der Waals surface area contributed by atoms with Crippen molar-refractivity contribution in [3.8, 4) is 11.8 Å². The van der Waals surface area contributed by atoms with Crippen LogP contribution in [0.4, 0.5) is 0 Å². The lowest BCUT2D eigenvalue weighted by Gasteiger charge is -2.06. The van der Waals surface area contributed by atoms with Gasteiger partial charge in [0, 0.05) is 6.04 Å². The molecule has 1 aliphatic rings. The van der Waals surface area contributed by atoms with Gasteiger partial charge in [0.2, 0.25) is 0 Å². The molecule has 1 saturated heterocycles. The van der Waals surface area contributed by atoms with E-state index in [0.29, 0.717) is 6.42 Å². The molecule has 4 nitrogen and oxygen atoms in total. The molecule has 0 spiro atoms. The van der Waals surface area contributed by atoms with Gasteiger partial charge >= 0.3 is 0 Å². The smallest absolute Gasteiger partial charge is 0.296 e. The van der Waals surface area contributed by atoms with Crippen LogP contribution in [0.3, 0.4) is 0 Å². The van der Waals surface area contributed by atoms with Gasteiger partial charge in [0.1, 0.15) is 0 Å². The number of carbonyl (C=O) groups excluding carboxylic acids is 1. The maximum Gasteiger partial charge on any atom is 0.296 e. The zero-order valence-corrected chi connectivity index (χ0v) is 8.15. The van der Waals surface area contributed by atoms with Crippen molar-refractivity contribution in [1.82, 2.24) is 5.32 Å². The topological polar surface area (TPSA) is 63.2 Å². The van der Waals surface area contributed by atoms with Crippen molar-refractivity contribution in [3.63, 3.8) is 0 Å². The second-order valence-corrected chi connectivity index (χ2v) is 5.18. The van der Waals surface area contributed by atoms with Gasteiger partial charge in [-0.3, -0.25) is 4.79 Å². The quantitative estimate of drug-likeness (QED) is 0.571. The highest BCUT2D eigenvalue weighted by atomic mass is 32.2. The van der Waals surface area contributed by atoms with E-state index in [1.54, 1.807) is 6.92 Å². The standard InChI is InChI=1S/C8H11NO3S/c1-2-3-8(10)9-7-4-5-13(11,12)6-7/h7H,4-6H2,1H3,(H,9,10). The number of carbonyl (C=O) groups is 1. The summed E-state index contributed by atoms with van der Waals surface area (Å²) in [4.78, 5) is 10.9. The second-order valence-electron chi connectivity index (χ2n) is 2.95. The summed E-state index contributed by atoms with van der Waals surface area (Å²) in [6.07, 6.45) is 0.499. The minimum Gasteiger partial charge on any atom is -0.341 e. The number of rotatable bonds is 1. The molecule has 1 aliphatic heterocycles. The van der Waals surface area contributed by atoms with E-state index in [1.807, 2.05) is 0 Å². The van der Waals surface area contributed by atoms with Crippen LogP contribution >= 0.6 is 0 Å². The van der Waals surface area contributed by atoms with Gasteiger partial charge in [0.05, 0.1) is 11.5 Å².